The molecule has 1 fully saturated rings. The third-order valence-electron chi connectivity index (χ3n) is 3.29. The second-order valence-electron chi connectivity index (χ2n) is 4.72. The molecule has 21 heavy (non-hydrogen) atoms. The summed E-state index contributed by atoms with van der Waals surface area (Å²) in [5.41, 5.74) is 0. The highest BCUT2D eigenvalue weighted by Gasteiger charge is 2.30. The fraction of sp³-hybridized carbons (Fsp3) is 0.429. The molecular weight excluding hydrogens is 317 g/mol. The molecule has 5 nitrogen and oxygen atoms in total. The number of carbonyl (C=O) groups excluding carboxylic acids is 1. The van der Waals surface area contributed by atoms with Crippen molar-refractivity contribution >= 4 is 35.9 Å². The molecule has 1 atom stereocenters. The molecule has 1 aliphatic heterocycles. The van der Waals surface area contributed by atoms with Crippen LogP contribution in [0.4, 0.5) is 0 Å². The van der Waals surface area contributed by atoms with Gasteiger partial charge in [-0.25, -0.2) is 0 Å². The van der Waals surface area contributed by atoms with Crippen molar-refractivity contribution in [3.63, 3.8) is 0 Å². The fourth-order valence-electron chi connectivity index (χ4n) is 2.13. The Kier molecular flexibility index (Phi) is 6.78. The van der Waals surface area contributed by atoms with Gasteiger partial charge in [-0.1, -0.05) is 11.6 Å². The number of carboxylic acids is 1. The number of benzene rings is 1. The van der Waals surface area contributed by atoms with E-state index < -0.39 is 11.9 Å². The van der Waals surface area contributed by atoms with Crippen LogP contribution in [0.5, 0.6) is 5.75 Å². The second kappa shape index (κ2) is 8.10. The van der Waals surface area contributed by atoms with Crippen molar-refractivity contribution in [2.45, 2.75) is 12.8 Å². The van der Waals surface area contributed by atoms with Crippen molar-refractivity contribution in [1.82, 2.24) is 4.90 Å². The highest BCUT2D eigenvalue weighted by atomic mass is 35.5. The van der Waals surface area contributed by atoms with E-state index in [1.165, 1.54) is 0 Å². The first kappa shape index (κ1) is 17.6. The Morgan fingerprint density at radius 3 is 2.57 bits per heavy atom. The molecule has 7 heteroatoms. The highest BCUT2D eigenvalue weighted by molar-refractivity contribution is 6.30. The van der Waals surface area contributed by atoms with Crippen molar-refractivity contribution in [2.75, 3.05) is 19.7 Å². The molecule has 1 unspecified atom stereocenters. The molecule has 116 valence electrons. The average molecular weight is 334 g/mol. The van der Waals surface area contributed by atoms with Crippen molar-refractivity contribution < 1.29 is 19.4 Å². The Morgan fingerprint density at radius 1 is 1.33 bits per heavy atom. The third kappa shape index (κ3) is 5.10. The van der Waals surface area contributed by atoms with E-state index in [4.69, 9.17) is 21.4 Å². The number of halogens is 2. The quantitative estimate of drug-likeness (QED) is 0.898. The normalized spacial score (nSPS) is 17.2. The van der Waals surface area contributed by atoms with Gasteiger partial charge in [-0.3, -0.25) is 9.59 Å². The number of carbonyl (C=O) groups is 2. The van der Waals surface area contributed by atoms with Gasteiger partial charge in [0, 0.05) is 18.1 Å². The maximum Gasteiger partial charge on any atom is 0.308 e. The Labute approximate surface area is 134 Å². The van der Waals surface area contributed by atoms with Gasteiger partial charge in [0.05, 0.1) is 18.9 Å². The van der Waals surface area contributed by atoms with Gasteiger partial charge in [-0.15, -0.1) is 12.4 Å². The largest absolute Gasteiger partial charge is 0.493 e. The van der Waals surface area contributed by atoms with Gasteiger partial charge in [0.2, 0.25) is 5.91 Å². The Hall–Kier alpha value is -1.46. The van der Waals surface area contributed by atoms with E-state index in [-0.39, 0.29) is 31.3 Å². The summed E-state index contributed by atoms with van der Waals surface area (Å²) in [6, 6.07) is 6.92. The first-order valence-electron chi connectivity index (χ1n) is 6.45. The molecule has 1 saturated heterocycles. The van der Waals surface area contributed by atoms with E-state index >= 15 is 0 Å². The van der Waals surface area contributed by atoms with Crippen LogP contribution in [0.25, 0.3) is 0 Å². The fourth-order valence-corrected chi connectivity index (χ4v) is 2.26. The van der Waals surface area contributed by atoms with E-state index in [9.17, 15) is 9.59 Å². The summed E-state index contributed by atoms with van der Waals surface area (Å²) >= 11 is 5.76. The summed E-state index contributed by atoms with van der Waals surface area (Å²) in [5.74, 6) is -0.677. The average Bonchev–Trinajstić information content (AvgIpc) is 2.91. The molecule has 0 aliphatic carbocycles. The van der Waals surface area contributed by atoms with Crippen LogP contribution in [0.15, 0.2) is 24.3 Å². The predicted molar refractivity (Wildman–Crippen MR) is 81.1 cm³/mol. The van der Waals surface area contributed by atoms with E-state index in [1.807, 2.05) is 0 Å². The number of aliphatic carboxylic acids is 1. The predicted octanol–water partition coefficient (Wildman–Crippen LogP) is 2.46. The van der Waals surface area contributed by atoms with Crippen LogP contribution in [0.3, 0.4) is 0 Å². The number of hydrogen-bond donors (Lipinski definition) is 1. The lowest BCUT2D eigenvalue weighted by atomic mass is 10.1. The molecule has 0 bridgehead atoms. The van der Waals surface area contributed by atoms with Gasteiger partial charge in [0.25, 0.3) is 0 Å². The Morgan fingerprint density at radius 2 is 2.00 bits per heavy atom. The van der Waals surface area contributed by atoms with Crippen molar-refractivity contribution in [2.24, 2.45) is 5.92 Å². The summed E-state index contributed by atoms with van der Waals surface area (Å²) in [5, 5.41) is 9.52. The maximum atomic E-state index is 11.9. The number of likely N-dealkylation sites (tertiary alicyclic amines) is 1. The minimum atomic E-state index is -0.835. The Bertz CT molecular complexity index is 492. The SMILES string of the molecule is Cl.O=C(O)C1CCN(C(=O)CCOc2ccc(Cl)cc2)C1. The zero-order valence-corrected chi connectivity index (χ0v) is 12.9. The van der Waals surface area contributed by atoms with Gasteiger partial charge in [0.1, 0.15) is 5.75 Å². The van der Waals surface area contributed by atoms with Crippen LogP contribution < -0.4 is 4.74 Å². The molecule has 1 amide bonds. The van der Waals surface area contributed by atoms with Crippen LogP contribution in [-0.2, 0) is 9.59 Å². The van der Waals surface area contributed by atoms with E-state index in [0.29, 0.717) is 30.3 Å². The molecule has 0 aromatic heterocycles. The lowest BCUT2D eigenvalue weighted by molar-refractivity contribution is -0.141. The topological polar surface area (TPSA) is 66.8 Å². The number of amides is 1. The second-order valence-corrected chi connectivity index (χ2v) is 5.15. The molecule has 2 rings (SSSR count). The van der Waals surface area contributed by atoms with Gasteiger partial charge in [0.15, 0.2) is 0 Å². The Balaban J connectivity index is 0.00000220. The number of ether oxygens (including phenoxy) is 1. The van der Waals surface area contributed by atoms with Crippen LogP contribution >= 0.6 is 24.0 Å². The first-order chi connectivity index (χ1) is 9.56. The van der Waals surface area contributed by atoms with E-state index in [0.717, 1.165) is 0 Å². The molecule has 1 aromatic rings. The van der Waals surface area contributed by atoms with E-state index in [2.05, 4.69) is 0 Å². The molecule has 1 heterocycles. The summed E-state index contributed by atoms with van der Waals surface area (Å²) in [6.07, 6.45) is 0.772. The molecule has 0 spiro atoms. The summed E-state index contributed by atoms with van der Waals surface area (Å²) in [6.45, 7) is 1.08. The number of carboxylic acid groups (broad SMARTS) is 1. The van der Waals surface area contributed by atoms with Gasteiger partial charge >= 0.3 is 5.97 Å². The molecule has 1 aromatic carbocycles. The summed E-state index contributed by atoms with van der Waals surface area (Å²) in [4.78, 5) is 24.3. The molecular formula is C14H17Cl2NO4. The summed E-state index contributed by atoms with van der Waals surface area (Å²) < 4.78 is 5.44. The van der Waals surface area contributed by atoms with Crippen molar-refractivity contribution in [3.05, 3.63) is 29.3 Å². The smallest absolute Gasteiger partial charge is 0.308 e. The van der Waals surface area contributed by atoms with Crippen LogP contribution in [0.1, 0.15) is 12.8 Å². The van der Waals surface area contributed by atoms with Crippen molar-refractivity contribution in [3.8, 4) is 5.75 Å². The molecule has 0 saturated carbocycles. The zero-order chi connectivity index (χ0) is 14.5. The molecule has 1 N–H and O–H groups in total. The number of rotatable bonds is 5. The standard InChI is InChI=1S/C14H16ClNO4.ClH/c15-11-1-3-12(4-2-11)20-8-6-13(17)16-7-5-10(9-16)14(18)19;/h1-4,10H,5-9H2,(H,18,19);1H. The molecule has 1 aliphatic rings. The summed E-state index contributed by atoms with van der Waals surface area (Å²) in [7, 11) is 0. The zero-order valence-electron chi connectivity index (χ0n) is 11.3. The van der Waals surface area contributed by atoms with Crippen LogP contribution in [0.2, 0.25) is 5.02 Å². The third-order valence-corrected chi connectivity index (χ3v) is 3.54. The van der Waals surface area contributed by atoms with Gasteiger partial charge in [-0.05, 0) is 30.7 Å². The van der Waals surface area contributed by atoms with Gasteiger partial charge in [-0.2, -0.15) is 0 Å². The minimum Gasteiger partial charge on any atom is -0.493 e. The monoisotopic (exact) mass is 333 g/mol. The minimum absolute atomic E-state index is 0. The van der Waals surface area contributed by atoms with Crippen LogP contribution in [0, 0.1) is 5.92 Å². The first-order valence-corrected chi connectivity index (χ1v) is 6.83. The highest BCUT2D eigenvalue weighted by Crippen LogP contribution is 2.18. The van der Waals surface area contributed by atoms with E-state index in [1.54, 1.807) is 29.2 Å². The lowest BCUT2D eigenvalue weighted by Gasteiger charge is -2.15. The van der Waals surface area contributed by atoms with Crippen molar-refractivity contribution in [1.29, 1.82) is 0 Å². The molecule has 0 radical (unpaired) electrons. The van der Waals surface area contributed by atoms with Crippen LogP contribution in [-0.4, -0.2) is 41.6 Å². The number of hydrogen-bond acceptors (Lipinski definition) is 3. The maximum absolute atomic E-state index is 11.9. The van der Waals surface area contributed by atoms with Gasteiger partial charge < -0.3 is 14.7 Å². The lowest BCUT2D eigenvalue weighted by Crippen LogP contribution is -2.30. The number of nitrogens with zero attached hydrogens (tertiary/aromatic N) is 1.